The molecule has 0 bridgehead atoms. The van der Waals surface area contributed by atoms with Crippen LogP contribution in [0.5, 0.6) is 11.5 Å². The standard InChI is InChI=1S/C36H35Cl2N3O5/c1-44-30-12-5-11-28(23-30)33-36(19-6-10-25-8-3-2-4-9-25,35(43)41-39-24-26-13-18-31(37)32(38)22-26)40-34(46-33)27-14-16-29(17-15-27)45-21-7-20-42/h2-6,8-18,22-23,33,39,42H,7,19-21,24H2,1H3,(H,41,43)/b10-6+/t33-,36-/m0/s1. The maximum atomic E-state index is 14.3. The molecule has 0 saturated heterocycles. The van der Waals surface area contributed by atoms with E-state index in [9.17, 15) is 4.79 Å². The predicted molar refractivity (Wildman–Crippen MR) is 181 cm³/mol. The fourth-order valence-corrected chi connectivity index (χ4v) is 5.36. The Hall–Kier alpha value is -4.34. The zero-order chi connectivity index (χ0) is 32.4. The molecule has 4 aromatic carbocycles. The topological polar surface area (TPSA) is 101 Å². The largest absolute Gasteiger partial charge is 0.497 e. The summed E-state index contributed by atoms with van der Waals surface area (Å²) in [6.07, 6.45) is 3.88. The average Bonchev–Trinajstić information content (AvgIpc) is 3.48. The van der Waals surface area contributed by atoms with E-state index in [4.69, 9.17) is 47.5 Å². The first-order chi connectivity index (χ1) is 22.4. The molecule has 46 heavy (non-hydrogen) atoms. The summed E-state index contributed by atoms with van der Waals surface area (Å²) in [6.45, 7) is 0.759. The molecule has 2 atom stereocenters. The Bertz CT molecular complexity index is 1680. The number of nitrogens with one attached hydrogen (secondary N) is 2. The molecule has 0 spiro atoms. The summed E-state index contributed by atoms with van der Waals surface area (Å²) in [5.41, 5.74) is 7.76. The van der Waals surface area contributed by atoms with Crippen molar-refractivity contribution in [2.75, 3.05) is 20.3 Å². The van der Waals surface area contributed by atoms with Crippen molar-refractivity contribution >= 4 is 41.1 Å². The number of hydrazine groups is 1. The van der Waals surface area contributed by atoms with Crippen LogP contribution in [0.4, 0.5) is 0 Å². The second-order valence-corrected chi connectivity index (χ2v) is 11.5. The lowest BCUT2D eigenvalue weighted by Crippen LogP contribution is -2.52. The summed E-state index contributed by atoms with van der Waals surface area (Å²) in [5.74, 6) is 1.23. The molecule has 0 radical (unpaired) electrons. The number of hydrogen-bond acceptors (Lipinski definition) is 7. The van der Waals surface area contributed by atoms with Gasteiger partial charge in [0.25, 0.3) is 5.91 Å². The first-order valence-electron chi connectivity index (χ1n) is 14.9. The third-order valence-electron chi connectivity index (χ3n) is 7.44. The predicted octanol–water partition coefficient (Wildman–Crippen LogP) is 6.94. The molecular weight excluding hydrogens is 625 g/mol. The Balaban J connectivity index is 1.50. The lowest BCUT2D eigenvalue weighted by atomic mass is 9.84. The van der Waals surface area contributed by atoms with Gasteiger partial charge in [-0.1, -0.05) is 83.9 Å². The van der Waals surface area contributed by atoms with Crippen LogP contribution in [0.2, 0.25) is 10.0 Å². The number of nitrogens with zero attached hydrogens (tertiary/aromatic N) is 1. The zero-order valence-electron chi connectivity index (χ0n) is 25.3. The van der Waals surface area contributed by atoms with Crippen molar-refractivity contribution in [1.82, 2.24) is 10.9 Å². The number of aliphatic hydroxyl groups is 1. The SMILES string of the molecule is COc1cccc([C@@H]2OC(c3ccc(OCCCO)cc3)=N[C@]2(C/C=C/c2ccccc2)C(=O)NNCc2ccc(Cl)c(Cl)c2)c1. The second-order valence-electron chi connectivity index (χ2n) is 10.6. The van der Waals surface area contributed by atoms with E-state index >= 15 is 0 Å². The lowest BCUT2D eigenvalue weighted by molar-refractivity contribution is -0.129. The Labute approximate surface area is 278 Å². The van der Waals surface area contributed by atoms with Gasteiger partial charge in [0, 0.05) is 31.6 Å². The third-order valence-corrected chi connectivity index (χ3v) is 8.18. The Morgan fingerprint density at radius 2 is 1.78 bits per heavy atom. The first-order valence-corrected chi connectivity index (χ1v) is 15.6. The van der Waals surface area contributed by atoms with Gasteiger partial charge in [0.05, 0.1) is 23.8 Å². The van der Waals surface area contributed by atoms with Crippen molar-refractivity contribution in [2.24, 2.45) is 4.99 Å². The maximum Gasteiger partial charge on any atom is 0.266 e. The third kappa shape index (κ3) is 8.08. The highest BCUT2D eigenvalue weighted by Gasteiger charge is 2.52. The molecule has 8 nitrogen and oxygen atoms in total. The summed E-state index contributed by atoms with van der Waals surface area (Å²) in [5, 5.41) is 9.94. The molecule has 0 aliphatic carbocycles. The van der Waals surface area contributed by atoms with Crippen LogP contribution in [0.3, 0.4) is 0 Å². The van der Waals surface area contributed by atoms with Crippen molar-refractivity contribution < 1.29 is 24.1 Å². The van der Waals surface area contributed by atoms with Gasteiger partial charge in [0.1, 0.15) is 11.5 Å². The van der Waals surface area contributed by atoms with Crippen molar-refractivity contribution in [3.8, 4) is 11.5 Å². The number of hydrogen-bond donors (Lipinski definition) is 3. The van der Waals surface area contributed by atoms with Gasteiger partial charge < -0.3 is 19.3 Å². The van der Waals surface area contributed by atoms with Crippen LogP contribution in [-0.4, -0.2) is 42.8 Å². The number of aliphatic hydroxyl groups excluding tert-OH is 1. The van der Waals surface area contributed by atoms with Gasteiger partial charge in [0.15, 0.2) is 11.6 Å². The lowest BCUT2D eigenvalue weighted by Gasteiger charge is -2.30. The van der Waals surface area contributed by atoms with E-state index in [1.165, 1.54) is 0 Å². The summed E-state index contributed by atoms with van der Waals surface area (Å²) < 4.78 is 17.8. The average molecular weight is 661 g/mol. The minimum absolute atomic E-state index is 0.0551. The molecule has 0 saturated carbocycles. The number of rotatable bonds is 14. The Kier molecular flexibility index (Phi) is 11.3. The number of benzene rings is 4. The first kappa shape index (κ1) is 33.0. The molecule has 4 aromatic rings. The minimum Gasteiger partial charge on any atom is -0.497 e. The number of carbonyl (C=O) groups is 1. The van der Waals surface area contributed by atoms with E-state index in [0.717, 1.165) is 16.7 Å². The molecule has 3 N–H and O–H groups in total. The molecule has 5 rings (SSSR count). The van der Waals surface area contributed by atoms with Crippen LogP contribution < -0.4 is 20.3 Å². The molecule has 1 aliphatic rings. The van der Waals surface area contributed by atoms with Gasteiger partial charge in [-0.05, 0) is 65.2 Å². The normalized spacial score (nSPS) is 17.4. The number of carbonyl (C=O) groups excluding carboxylic acids is 1. The summed E-state index contributed by atoms with van der Waals surface area (Å²) in [4.78, 5) is 19.4. The number of methoxy groups -OCH3 is 1. The summed E-state index contributed by atoms with van der Waals surface area (Å²) in [6, 6.07) is 29.9. The number of aliphatic imine (C=N–C) groups is 1. The molecule has 238 valence electrons. The van der Waals surface area contributed by atoms with E-state index in [2.05, 4.69) is 10.9 Å². The molecule has 1 amide bonds. The number of ether oxygens (including phenoxy) is 3. The smallest absolute Gasteiger partial charge is 0.266 e. The maximum absolute atomic E-state index is 14.3. The molecule has 1 aliphatic heterocycles. The molecule has 0 unspecified atom stereocenters. The highest BCUT2D eigenvalue weighted by Crippen LogP contribution is 2.43. The zero-order valence-corrected chi connectivity index (χ0v) is 26.8. The van der Waals surface area contributed by atoms with Gasteiger partial charge >= 0.3 is 0 Å². The summed E-state index contributed by atoms with van der Waals surface area (Å²) in [7, 11) is 1.59. The van der Waals surface area contributed by atoms with Crippen molar-refractivity contribution in [3.05, 3.63) is 135 Å². The quantitative estimate of drug-likeness (QED) is 0.100. The van der Waals surface area contributed by atoms with Crippen LogP contribution in [0.15, 0.2) is 108 Å². The van der Waals surface area contributed by atoms with Crippen LogP contribution >= 0.6 is 23.2 Å². The minimum atomic E-state index is -1.39. The highest BCUT2D eigenvalue weighted by molar-refractivity contribution is 6.42. The van der Waals surface area contributed by atoms with E-state index in [1.807, 2.05) is 97.1 Å². The van der Waals surface area contributed by atoms with Gasteiger partial charge in [-0.15, -0.1) is 0 Å². The monoisotopic (exact) mass is 659 g/mol. The molecule has 1 heterocycles. The van der Waals surface area contributed by atoms with E-state index < -0.39 is 11.6 Å². The van der Waals surface area contributed by atoms with Gasteiger partial charge in [0.2, 0.25) is 5.90 Å². The van der Waals surface area contributed by atoms with Crippen LogP contribution in [-0.2, 0) is 16.1 Å². The van der Waals surface area contributed by atoms with Crippen LogP contribution in [0.1, 0.15) is 41.2 Å². The second kappa shape index (κ2) is 15.8. The van der Waals surface area contributed by atoms with Crippen molar-refractivity contribution in [3.63, 3.8) is 0 Å². The van der Waals surface area contributed by atoms with Gasteiger partial charge in [-0.25, -0.2) is 10.4 Å². The Morgan fingerprint density at radius 1 is 0.978 bits per heavy atom. The van der Waals surface area contributed by atoms with Gasteiger partial charge in [-0.3, -0.25) is 10.2 Å². The molecule has 0 fully saturated rings. The van der Waals surface area contributed by atoms with Gasteiger partial charge in [-0.2, -0.15) is 0 Å². The fraction of sp³-hybridized carbons (Fsp3) is 0.222. The van der Waals surface area contributed by atoms with Crippen molar-refractivity contribution in [1.29, 1.82) is 0 Å². The van der Waals surface area contributed by atoms with Crippen molar-refractivity contribution in [2.45, 2.75) is 31.0 Å². The molecular formula is C36H35Cl2N3O5. The highest BCUT2D eigenvalue weighted by atomic mass is 35.5. The number of halogens is 2. The van der Waals surface area contributed by atoms with E-state index in [0.29, 0.717) is 52.6 Å². The van der Waals surface area contributed by atoms with E-state index in [1.54, 1.807) is 19.2 Å². The Morgan fingerprint density at radius 3 is 2.52 bits per heavy atom. The summed E-state index contributed by atoms with van der Waals surface area (Å²) >= 11 is 12.3. The van der Waals surface area contributed by atoms with E-state index in [-0.39, 0.29) is 18.9 Å². The van der Waals surface area contributed by atoms with Crippen LogP contribution in [0, 0.1) is 0 Å². The fourth-order valence-electron chi connectivity index (χ4n) is 5.04. The molecule has 0 aromatic heterocycles. The number of amides is 1. The van der Waals surface area contributed by atoms with Crippen LogP contribution in [0.25, 0.3) is 6.08 Å². The molecule has 10 heteroatoms.